The lowest BCUT2D eigenvalue weighted by Gasteiger charge is -2.31. The van der Waals surface area contributed by atoms with Crippen LogP contribution in [-0.2, 0) is 0 Å². The number of ether oxygens (including phenoxy) is 1. The normalized spacial score (nSPS) is 20.8. The summed E-state index contributed by atoms with van der Waals surface area (Å²) >= 11 is 0. The quantitative estimate of drug-likeness (QED) is 0.902. The summed E-state index contributed by atoms with van der Waals surface area (Å²) in [7, 11) is 2.16. The van der Waals surface area contributed by atoms with Crippen LogP contribution in [0.4, 0.5) is 0 Å². The summed E-state index contributed by atoms with van der Waals surface area (Å²) < 4.78 is 5.45. The first-order valence-corrected chi connectivity index (χ1v) is 7.95. The molecule has 1 aliphatic heterocycles. The second-order valence-corrected chi connectivity index (χ2v) is 5.88. The van der Waals surface area contributed by atoms with Crippen LogP contribution >= 0.6 is 0 Å². The van der Waals surface area contributed by atoms with E-state index in [0.717, 1.165) is 43.9 Å². The molecular weight excluding hydrogens is 264 g/mol. The molecule has 1 N–H and O–H groups in total. The van der Waals surface area contributed by atoms with Crippen molar-refractivity contribution in [3.05, 3.63) is 29.8 Å². The molecule has 1 fully saturated rings. The number of rotatable bonds is 5. The van der Waals surface area contributed by atoms with Gasteiger partial charge in [-0.05, 0) is 58.1 Å². The zero-order chi connectivity index (χ0) is 15.2. The van der Waals surface area contributed by atoms with E-state index in [1.807, 2.05) is 31.2 Å². The van der Waals surface area contributed by atoms with E-state index in [9.17, 15) is 5.11 Å². The maximum absolute atomic E-state index is 10.6. The maximum atomic E-state index is 10.6. The molecule has 4 heteroatoms. The summed E-state index contributed by atoms with van der Waals surface area (Å²) in [6.45, 7) is 9.04. The van der Waals surface area contributed by atoms with Gasteiger partial charge in [0.2, 0.25) is 0 Å². The second kappa shape index (κ2) is 7.78. The Labute approximate surface area is 128 Å². The Morgan fingerprint density at radius 3 is 2.52 bits per heavy atom. The van der Waals surface area contributed by atoms with Gasteiger partial charge in [-0.2, -0.15) is 0 Å². The molecular formula is C17H28N2O2. The highest BCUT2D eigenvalue weighted by Gasteiger charge is 2.24. The average molecular weight is 292 g/mol. The van der Waals surface area contributed by atoms with Crippen LogP contribution in [0.15, 0.2) is 24.3 Å². The van der Waals surface area contributed by atoms with Gasteiger partial charge in [0.05, 0.1) is 12.7 Å². The molecule has 4 nitrogen and oxygen atoms in total. The van der Waals surface area contributed by atoms with Crippen LogP contribution in [0.5, 0.6) is 5.75 Å². The summed E-state index contributed by atoms with van der Waals surface area (Å²) in [4.78, 5) is 4.75. The number of aliphatic hydroxyl groups is 1. The van der Waals surface area contributed by atoms with Crippen LogP contribution in [0.2, 0.25) is 0 Å². The van der Waals surface area contributed by atoms with Gasteiger partial charge in [0, 0.05) is 19.1 Å². The molecule has 1 aromatic carbocycles. The van der Waals surface area contributed by atoms with Crippen LogP contribution in [-0.4, -0.2) is 60.8 Å². The van der Waals surface area contributed by atoms with Crippen molar-refractivity contribution in [2.45, 2.75) is 32.4 Å². The van der Waals surface area contributed by atoms with E-state index in [1.165, 1.54) is 0 Å². The number of benzene rings is 1. The van der Waals surface area contributed by atoms with Gasteiger partial charge >= 0.3 is 0 Å². The Balaban J connectivity index is 1.98. The zero-order valence-electron chi connectivity index (χ0n) is 13.5. The minimum absolute atomic E-state index is 0.134. The minimum Gasteiger partial charge on any atom is -0.494 e. The van der Waals surface area contributed by atoms with E-state index < -0.39 is 6.10 Å². The molecule has 1 aliphatic rings. The molecule has 2 rings (SSSR count). The Kier molecular flexibility index (Phi) is 6.03. The van der Waals surface area contributed by atoms with Crippen LogP contribution in [0, 0.1) is 0 Å². The fraction of sp³-hybridized carbons (Fsp3) is 0.647. The first kappa shape index (κ1) is 16.3. The predicted molar refractivity (Wildman–Crippen MR) is 85.7 cm³/mol. The first-order valence-electron chi connectivity index (χ1n) is 7.95. The summed E-state index contributed by atoms with van der Waals surface area (Å²) in [5, 5.41) is 10.6. The van der Waals surface area contributed by atoms with Crippen LogP contribution in [0.3, 0.4) is 0 Å². The van der Waals surface area contributed by atoms with Crippen molar-refractivity contribution < 1.29 is 9.84 Å². The van der Waals surface area contributed by atoms with Crippen LogP contribution < -0.4 is 4.74 Å². The third kappa shape index (κ3) is 4.43. The molecule has 0 amide bonds. The topological polar surface area (TPSA) is 35.9 Å². The molecule has 0 radical (unpaired) electrons. The molecule has 1 saturated heterocycles. The van der Waals surface area contributed by atoms with Gasteiger partial charge in [-0.3, -0.25) is 4.90 Å². The molecule has 0 spiro atoms. The third-order valence-electron chi connectivity index (χ3n) is 4.32. The van der Waals surface area contributed by atoms with Gasteiger partial charge in [-0.15, -0.1) is 0 Å². The van der Waals surface area contributed by atoms with E-state index in [4.69, 9.17) is 4.74 Å². The fourth-order valence-corrected chi connectivity index (χ4v) is 2.88. The lowest BCUT2D eigenvalue weighted by molar-refractivity contribution is 0.0602. The minimum atomic E-state index is -0.455. The molecule has 0 aliphatic carbocycles. The fourth-order valence-electron chi connectivity index (χ4n) is 2.88. The van der Waals surface area contributed by atoms with E-state index in [2.05, 4.69) is 23.8 Å². The largest absolute Gasteiger partial charge is 0.494 e. The average Bonchev–Trinajstić information content (AvgIpc) is 2.72. The van der Waals surface area contributed by atoms with Gasteiger partial charge in [0.15, 0.2) is 0 Å². The van der Waals surface area contributed by atoms with Crippen molar-refractivity contribution in [3.63, 3.8) is 0 Å². The Bertz CT molecular complexity index is 421. The highest BCUT2D eigenvalue weighted by Crippen LogP contribution is 2.24. The molecule has 0 saturated carbocycles. The highest BCUT2D eigenvalue weighted by atomic mass is 16.5. The smallest absolute Gasteiger partial charge is 0.119 e. The Hall–Kier alpha value is -1.10. The molecule has 0 unspecified atom stereocenters. The van der Waals surface area contributed by atoms with Crippen molar-refractivity contribution in [1.82, 2.24) is 9.80 Å². The molecule has 2 atom stereocenters. The summed E-state index contributed by atoms with van der Waals surface area (Å²) in [6.07, 6.45) is 0.709. The Morgan fingerprint density at radius 2 is 1.86 bits per heavy atom. The second-order valence-electron chi connectivity index (χ2n) is 5.88. The van der Waals surface area contributed by atoms with E-state index in [0.29, 0.717) is 6.61 Å². The highest BCUT2D eigenvalue weighted by molar-refractivity contribution is 5.29. The standard InChI is InChI=1S/C17H28N2O2/c1-4-21-16-8-6-15(7-9-16)17(20)14(2)19-11-5-10-18(3)12-13-19/h6-9,14,17,20H,4-5,10-13H2,1-3H3/t14-,17+/m1/s1. The van der Waals surface area contributed by atoms with E-state index in [-0.39, 0.29) is 6.04 Å². The van der Waals surface area contributed by atoms with Crippen molar-refractivity contribution in [2.24, 2.45) is 0 Å². The number of nitrogens with zero attached hydrogens (tertiary/aromatic N) is 2. The van der Waals surface area contributed by atoms with Gasteiger partial charge < -0.3 is 14.7 Å². The number of hydrogen-bond acceptors (Lipinski definition) is 4. The third-order valence-corrected chi connectivity index (χ3v) is 4.32. The van der Waals surface area contributed by atoms with Gasteiger partial charge in [0.25, 0.3) is 0 Å². The van der Waals surface area contributed by atoms with Crippen LogP contribution in [0.1, 0.15) is 31.9 Å². The lowest BCUT2D eigenvalue weighted by atomic mass is 10.0. The van der Waals surface area contributed by atoms with Crippen molar-refractivity contribution in [3.8, 4) is 5.75 Å². The Morgan fingerprint density at radius 1 is 1.14 bits per heavy atom. The van der Waals surface area contributed by atoms with Gasteiger partial charge in [-0.25, -0.2) is 0 Å². The molecule has 21 heavy (non-hydrogen) atoms. The van der Waals surface area contributed by atoms with Crippen LogP contribution in [0.25, 0.3) is 0 Å². The van der Waals surface area contributed by atoms with Gasteiger partial charge in [-0.1, -0.05) is 12.1 Å². The van der Waals surface area contributed by atoms with Crippen molar-refractivity contribution >= 4 is 0 Å². The molecule has 1 aromatic rings. The van der Waals surface area contributed by atoms with Crippen molar-refractivity contribution in [1.29, 1.82) is 0 Å². The lowest BCUT2D eigenvalue weighted by Crippen LogP contribution is -2.39. The SMILES string of the molecule is CCOc1ccc([C@@H](O)[C@@H](C)N2CCCN(C)CC2)cc1. The molecule has 0 aromatic heterocycles. The number of hydrogen-bond donors (Lipinski definition) is 1. The summed E-state index contributed by atoms with van der Waals surface area (Å²) in [6, 6.07) is 7.94. The molecule has 1 heterocycles. The first-order chi connectivity index (χ1) is 10.1. The predicted octanol–water partition coefficient (Wildman–Crippen LogP) is 2.14. The summed E-state index contributed by atoms with van der Waals surface area (Å²) in [5.74, 6) is 0.859. The molecule has 118 valence electrons. The number of likely N-dealkylation sites (N-methyl/N-ethyl adjacent to an activating group) is 1. The maximum Gasteiger partial charge on any atom is 0.119 e. The number of aliphatic hydroxyl groups excluding tert-OH is 1. The van der Waals surface area contributed by atoms with Crippen molar-refractivity contribution in [2.75, 3.05) is 39.8 Å². The summed E-state index contributed by atoms with van der Waals surface area (Å²) in [5.41, 5.74) is 0.962. The zero-order valence-corrected chi connectivity index (χ0v) is 13.5. The van der Waals surface area contributed by atoms with E-state index >= 15 is 0 Å². The van der Waals surface area contributed by atoms with Gasteiger partial charge in [0.1, 0.15) is 5.75 Å². The molecule has 0 bridgehead atoms. The van der Waals surface area contributed by atoms with E-state index in [1.54, 1.807) is 0 Å². The monoisotopic (exact) mass is 292 g/mol.